The van der Waals surface area contributed by atoms with Crippen LogP contribution in [0, 0.1) is 13.8 Å². The first-order chi connectivity index (χ1) is 13.9. The van der Waals surface area contributed by atoms with Crippen LogP contribution in [0.3, 0.4) is 0 Å². The number of aryl methyl sites for hydroxylation is 2. The molecule has 0 unspecified atom stereocenters. The van der Waals surface area contributed by atoms with Crippen LogP contribution < -0.4 is 20.3 Å². The minimum Gasteiger partial charge on any atom is -0.497 e. The number of carbonyl (C=O) groups excluding carboxylic acids is 1. The highest BCUT2D eigenvalue weighted by Gasteiger charge is 2.18. The molecule has 0 aliphatic heterocycles. The van der Waals surface area contributed by atoms with E-state index in [1.807, 2.05) is 6.92 Å². The zero-order valence-corrected chi connectivity index (χ0v) is 16.7. The number of nitrogens with zero attached hydrogens (tertiary/aromatic N) is 3. The molecule has 0 aliphatic rings. The van der Waals surface area contributed by atoms with E-state index in [-0.39, 0.29) is 12.1 Å². The molecule has 0 spiro atoms. The third kappa shape index (κ3) is 4.43. The van der Waals surface area contributed by atoms with E-state index >= 15 is 0 Å². The highest BCUT2D eigenvalue weighted by atomic mass is 16.5. The minimum absolute atomic E-state index is 0.0532. The van der Waals surface area contributed by atoms with Crippen molar-refractivity contribution in [3.63, 3.8) is 0 Å². The highest BCUT2D eigenvalue weighted by molar-refractivity contribution is 6.05. The lowest BCUT2D eigenvalue weighted by Gasteiger charge is -2.14. The summed E-state index contributed by atoms with van der Waals surface area (Å²) in [6.07, 6.45) is 4.89. The predicted octanol–water partition coefficient (Wildman–Crippen LogP) is 2.57. The van der Waals surface area contributed by atoms with E-state index in [1.165, 1.54) is 18.8 Å². The lowest BCUT2D eigenvalue weighted by molar-refractivity contribution is 0.102. The average molecular weight is 394 g/mol. The zero-order valence-electron chi connectivity index (χ0n) is 16.7. The van der Waals surface area contributed by atoms with Gasteiger partial charge in [0.1, 0.15) is 17.1 Å². The fourth-order valence-corrected chi connectivity index (χ4v) is 2.84. The van der Waals surface area contributed by atoms with Gasteiger partial charge in [0, 0.05) is 18.5 Å². The number of aromatic nitrogens is 3. The number of ether oxygens (including phenoxy) is 2. The van der Waals surface area contributed by atoms with Gasteiger partial charge in [0.2, 0.25) is 0 Å². The maximum Gasteiger partial charge on any atom is 0.264 e. The van der Waals surface area contributed by atoms with Gasteiger partial charge < -0.3 is 19.4 Å². The van der Waals surface area contributed by atoms with Crippen molar-refractivity contribution < 1.29 is 14.3 Å². The first-order valence-corrected chi connectivity index (χ1v) is 8.94. The lowest BCUT2D eigenvalue weighted by atomic mass is 10.1. The molecule has 2 aromatic heterocycles. The summed E-state index contributed by atoms with van der Waals surface area (Å²) < 4.78 is 11.9. The predicted molar refractivity (Wildman–Crippen MR) is 109 cm³/mol. The second-order valence-corrected chi connectivity index (χ2v) is 6.48. The molecular formula is C21H22N4O4. The van der Waals surface area contributed by atoms with E-state index in [0.29, 0.717) is 28.4 Å². The van der Waals surface area contributed by atoms with Crippen molar-refractivity contribution in [1.82, 2.24) is 14.5 Å². The topological polar surface area (TPSA) is 95.3 Å². The quantitative estimate of drug-likeness (QED) is 0.690. The maximum absolute atomic E-state index is 13.0. The number of pyridine rings is 1. The molecule has 0 saturated heterocycles. The first kappa shape index (κ1) is 20.1. The van der Waals surface area contributed by atoms with E-state index in [0.717, 1.165) is 5.69 Å². The molecule has 0 saturated carbocycles. The fraction of sp³-hybridized carbons (Fsp3) is 0.238. The largest absolute Gasteiger partial charge is 0.497 e. The smallest absolute Gasteiger partial charge is 0.264 e. The standard InChI is InChI=1S/C21H22N4O4/c1-13-7-8-25(12-15-11-22-14(2)10-23-15)21(27)19(13)20(26)24-17-9-16(28-3)5-6-18(17)29-4/h5-11H,12H2,1-4H3,(H,24,26). The molecule has 2 heterocycles. The molecule has 8 heteroatoms. The number of methoxy groups -OCH3 is 2. The summed E-state index contributed by atoms with van der Waals surface area (Å²) in [4.78, 5) is 34.3. The van der Waals surface area contributed by atoms with Crippen molar-refractivity contribution in [3.05, 3.63) is 75.7 Å². The molecular weight excluding hydrogens is 372 g/mol. The highest BCUT2D eigenvalue weighted by Crippen LogP contribution is 2.29. The van der Waals surface area contributed by atoms with Crippen LogP contribution >= 0.6 is 0 Å². The van der Waals surface area contributed by atoms with Crippen molar-refractivity contribution in [2.24, 2.45) is 0 Å². The summed E-state index contributed by atoms with van der Waals surface area (Å²) in [5, 5.41) is 2.75. The Morgan fingerprint density at radius 1 is 1.10 bits per heavy atom. The van der Waals surface area contributed by atoms with Gasteiger partial charge in [-0.2, -0.15) is 0 Å². The minimum atomic E-state index is -0.525. The number of hydrogen-bond donors (Lipinski definition) is 1. The molecule has 150 valence electrons. The van der Waals surface area contributed by atoms with Crippen molar-refractivity contribution in [2.75, 3.05) is 19.5 Å². The number of hydrogen-bond acceptors (Lipinski definition) is 6. The monoisotopic (exact) mass is 394 g/mol. The van der Waals surface area contributed by atoms with Crippen molar-refractivity contribution in [3.8, 4) is 11.5 Å². The molecule has 0 bridgehead atoms. The molecule has 3 rings (SSSR count). The molecule has 29 heavy (non-hydrogen) atoms. The van der Waals surface area contributed by atoms with Gasteiger partial charge in [0.05, 0.1) is 44.0 Å². The van der Waals surface area contributed by atoms with Crippen LogP contribution in [0.2, 0.25) is 0 Å². The number of rotatable bonds is 6. The summed E-state index contributed by atoms with van der Waals surface area (Å²) in [6.45, 7) is 3.77. The second kappa shape index (κ2) is 8.55. The fourth-order valence-electron chi connectivity index (χ4n) is 2.84. The molecule has 0 fully saturated rings. The summed E-state index contributed by atoms with van der Waals surface area (Å²) in [5.74, 6) is 0.493. The number of carbonyl (C=O) groups is 1. The van der Waals surface area contributed by atoms with Crippen molar-refractivity contribution in [1.29, 1.82) is 0 Å². The molecule has 8 nitrogen and oxygen atoms in total. The van der Waals surface area contributed by atoms with Gasteiger partial charge in [-0.3, -0.25) is 19.6 Å². The first-order valence-electron chi connectivity index (χ1n) is 8.94. The van der Waals surface area contributed by atoms with Crippen LogP contribution in [-0.2, 0) is 6.54 Å². The number of benzene rings is 1. The van der Waals surface area contributed by atoms with Crippen molar-refractivity contribution in [2.45, 2.75) is 20.4 Å². The zero-order chi connectivity index (χ0) is 21.0. The summed E-state index contributed by atoms with van der Waals surface area (Å²) >= 11 is 0. The molecule has 3 aromatic rings. The van der Waals surface area contributed by atoms with E-state index in [1.54, 1.807) is 49.8 Å². The van der Waals surface area contributed by atoms with Gasteiger partial charge in [0.25, 0.3) is 11.5 Å². The van der Waals surface area contributed by atoms with Gasteiger partial charge in [-0.25, -0.2) is 0 Å². The molecule has 0 aliphatic carbocycles. The molecule has 0 radical (unpaired) electrons. The van der Waals surface area contributed by atoms with Gasteiger partial charge in [-0.05, 0) is 37.6 Å². The number of amides is 1. The third-order valence-electron chi connectivity index (χ3n) is 4.42. The second-order valence-electron chi connectivity index (χ2n) is 6.48. The van der Waals surface area contributed by atoms with Crippen LogP contribution in [0.4, 0.5) is 5.69 Å². The van der Waals surface area contributed by atoms with Crippen LogP contribution in [0.15, 0.2) is 47.7 Å². The normalized spacial score (nSPS) is 10.5. The molecule has 0 atom stereocenters. The Morgan fingerprint density at radius 2 is 1.90 bits per heavy atom. The van der Waals surface area contributed by atoms with Crippen molar-refractivity contribution >= 4 is 11.6 Å². The van der Waals surface area contributed by atoms with E-state index in [4.69, 9.17) is 9.47 Å². The summed E-state index contributed by atoms with van der Waals surface area (Å²) in [7, 11) is 3.03. The van der Waals surface area contributed by atoms with Crippen LogP contribution in [0.1, 0.15) is 27.3 Å². The Hall–Kier alpha value is -3.68. The SMILES string of the molecule is COc1ccc(OC)c(NC(=O)c2c(C)ccn(Cc3cnc(C)cn3)c2=O)c1. The Kier molecular flexibility index (Phi) is 5.92. The van der Waals surface area contributed by atoms with E-state index in [2.05, 4.69) is 15.3 Å². The van der Waals surface area contributed by atoms with E-state index in [9.17, 15) is 9.59 Å². The maximum atomic E-state index is 13.0. The van der Waals surface area contributed by atoms with Crippen LogP contribution in [-0.4, -0.2) is 34.7 Å². The molecule has 1 N–H and O–H groups in total. The lowest BCUT2D eigenvalue weighted by Crippen LogP contribution is -2.30. The molecule has 1 amide bonds. The summed E-state index contributed by atoms with van der Waals surface area (Å²) in [5.41, 5.74) is 2.04. The van der Waals surface area contributed by atoms with Crippen LogP contribution in [0.5, 0.6) is 11.5 Å². The Bertz CT molecular complexity index is 1090. The number of nitrogens with one attached hydrogen (secondary N) is 1. The Balaban J connectivity index is 1.93. The van der Waals surface area contributed by atoms with Gasteiger partial charge in [-0.15, -0.1) is 0 Å². The number of anilines is 1. The van der Waals surface area contributed by atoms with Gasteiger partial charge >= 0.3 is 0 Å². The van der Waals surface area contributed by atoms with Crippen LogP contribution in [0.25, 0.3) is 0 Å². The van der Waals surface area contributed by atoms with E-state index < -0.39 is 11.5 Å². The Morgan fingerprint density at radius 3 is 2.55 bits per heavy atom. The third-order valence-corrected chi connectivity index (χ3v) is 4.42. The molecule has 1 aromatic carbocycles. The average Bonchev–Trinajstić information content (AvgIpc) is 2.71. The van der Waals surface area contributed by atoms with Gasteiger partial charge in [0.15, 0.2) is 0 Å². The Labute approximate surface area is 168 Å². The van der Waals surface area contributed by atoms with Gasteiger partial charge in [-0.1, -0.05) is 0 Å². The summed E-state index contributed by atoms with van der Waals surface area (Å²) in [6, 6.07) is 6.76.